The molecule has 3 atom stereocenters. The number of nitrogens with two attached hydrogens (primary N) is 1. The van der Waals surface area contributed by atoms with E-state index in [-0.39, 0.29) is 12.1 Å². The van der Waals surface area contributed by atoms with E-state index in [1.165, 1.54) is 0 Å². The fourth-order valence-electron chi connectivity index (χ4n) is 2.39. The molecule has 0 bridgehead atoms. The molecule has 0 radical (unpaired) electrons. The summed E-state index contributed by atoms with van der Waals surface area (Å²) < 4.78 is 5.25. The van der Waals surface area contributed by atoms with Crippen LogP contribution < -0.4 is 11.1 Å². The van der Waals surface area contributed by atoms with Crippen LogP contribution in [0.5, 0.6) is 0 Å². The van der Waals surface area contributed by atoms with Crippen molar-refractivity contribution >= 4 is 17.9 Å². The molecule has 1 aliphatic rings. The van der Waals surface area contributed by atoms with Crippen molar-refractivity contribution in [2.75, 3.05) is 26.2 Å². The number of carbonyl (C=O) groups excluding carboxylic acids is 1. The quantitative estimate of drug-likeness (QED) is 0.827. The van der Waals surface area contributed by atoms with Gasteiger partial charge in [0.15, 0.2) is 0 Å². The van der Waals surface area contributed by atoms with Gasteiger partial charge in [-0.2, -0.15) is 11.8 Å². The summed E-state index contributed by atoms with van der Waals surface area (Å²) in [6.07, 6.45) is -0.372. The summed E-state index contributed by atoms with van der Waals surface area (Å²) in [6.45, 7) is 13.2. The van der Waals surface area contributed by atoms with Crippen LogP contribution in [-0.2, 0) is 4.74 Å². The molecule has 0 aliphatic carbocycles. The summed E-state index contributed by atoms with van der Waals surface area (Å²) in [5.41, 5.74) is 5.40. The minimum Gasteiger partial charge on any atom is -0.444 e. The van der Waals surface area contributed by atoms with Gasteiger partial charge in [-0.05, 0) is 20.8 Å². The lowest BCUT2D eigenvalue weighted by atomic mass is 10.2. The average Bonchev–Trinajstić information content (AvgIpc) is 2.25. The van der Waals surface area contributed by atoms with E-state index in [1.54, 1.807) is 0 Å². The van der Waals surface area contributed by atoms with Crippen molar-refractivity contribution in [3.05, 3.63) is 0 Å². The second-order valence-electron chi connectivity index (χ2n) is 6.48. The number of hydrogen-bond donors (Lipinski definition) is 2. The molecule has 6 heteroatoms. The van der Waals surface area contributed by atoms with Gasteiger partial charge in [0.25, 0.3) is 0 Å². The van der Waals surface area contributed by atoms with Crippen molar-refractivity contribution in [3.63, 3.8) is 0 Å². The molecule has 20 heavy (non-hydrogen) atoms. The van der Waals surface area contributed by atoms with E-state index < -0.39 is 5.60 Å². The molecule has 118 valence electrons. The molecular weight excluding hydrogens is 274 g/mol. The van der Waals surface area contributed by atoms with Gasteiger partial charge < -0.3 is 15.8 Å². The minimum atomic E-state index is -0.465. The van der Waals surface area contributed by atoms with Crippen LogP contribution in [0.2, 0.25) is 0 Å². The third kappa shape index (κ3) is 6.33. The summed E-state index contributed by atoms with van der Waals surface area (Å²) in [6, 6.07) is 0.174. The molecule has 0 spiro atoms. The predicted molar refractivity (Wildman–Crippen MR) is 85.2 cm³/mol. The number of rotatable bonds is 4. The lowest BCUT2D eigenvalue weighted by Crippen LogP contribution is -2.53. The molecule has 3 unspecified atom stereocenters. The number of nitrogens with one attached hydrogen (secondary N) is 1. The van der Waals surface area contributed by atoms with E-state index in [0.29, 0.717) is 23.6 Å². The van der Waals surface area contributed by atoms with Crippen LogP contribution in [0.3, 0.4) is 0 Å². The van der Waals surface area contributed by atoms with Crippen molar-refractivity contribution in [1.29, 1.82) is 0 Å². The molecule has 0 aromatic carbocycles. The first-order chi connectivity index (χ1) is 9.21. The van der Waals surface area contributed by atoms with Crippen LogP contribution in [-0.4, -0.2) is 59.3 Å². The maximum absolute atomic E-state index is 11.7. The van der Waals surface area contributed by atoms with Crippen LogP contribution in [0.25, 0.3) is 0 Å². The van der Waals surface area contributed by atoms with Gasteiger partial charge in [-0.25, -0.2) is 4.79 Å². The zero-order valence-corrected chi connectivity index (χ0v) is 14.1. The molecule has 1 fully saturated rings. The highest BCUT2D eigenvalue weighted by atomic mass is 32.2. The molecule has 1 rings (SSSR count). The zero-order valence-electron chi connectivity index (χ0n) is 13.3. The molecule has 0 saturated carbocycles. The lowest BCUT2D eigenvalue weighted by molar-refractivity contribution is 0.0508. The van der Waals surface area contributed by atoms with E-state index >= 15 is 0 Å². The minimum absolute atomic E-state index is 0.174. The Hall–Kier alpha value is -0.460. The van der Waals surface area contributed by atoms with Gasteiger partial charge in [-0.1, -0.05) is 13.8 Å². The number of ether oxygens (including phenoxy) is 1. The van der Waals surface area contributed by atoms with E-state index in [4.69, 9.17) is 10.5 Å². The molecular formula is C14H29N3O2S. The number of thioether (sulfide) groups is 1. The van der Waals surface area contributed by atoms with Crippen LogP contribution in [0.1, 0.15) is 34.6 Å². The maximum atomic E-state index is 11.7. The smallest absolute Gasteiger partial charge is 0.407 e. The second-order valence-corrected chi connectivity index (χ2v) is 8.37. The Balaban J connectivity index is 2.44. The molecule has 1 saturated heterocycles. The summed E-state index contributed by atoms with van der Waals surface area (Å²) >= 11 is 2.01. The summed E-state index contributed by atoms with van der Waals surface area (Å²) in [5.74, 6) is 0. The monoisotopic (exact) mass is 303 g/mol. The van der Waals surface area contributed by atoms with Crippen molar-refractivity contribution in [1.82, 2.24) is 10.2 Å². The first-order valence-corrected chi connectivity index (χ1v) is 8.22. The van der Waals surface area contributed by atoms with E-state index in [1.807, 2.05) is 32.5 Å². The summed E-state index contributed by atoms with van der Waals surface area (Å²) in [7, 11) is 0. The van der Waals surface area contributed by atoms with Gasteiger partial charge in [-0.15, -0.1) is 0 Å². The van der Waals surface area contributed by atoms with Crippen LogP contribution in [0.4, 0.5) is 4.79 Å². The van der Waals surface area contributed by atoms with Crippen molar-refractivity contribution < 1.29 is 9.53 Å². The zero-order chi connectivity index (χ0) is 15.3. The number of carbonyl (C=O) groups is 1. The highest BCUT2D eigenvalue weighted by molar-refractivity contribution is 8.00. The van der Waals surface area contributed by atoms with Crippen LogP contribution in [0.15, 0.2) is 0 Å². The third-order valence-electron chi connectivity index (χ3n) is 3.12. The molecule has 0 aromatic rings. The number of amides is 1. The standard InChI is InChI=1S/C14H29N3O2S/c1-10-8-17(9-11(2)20-10)12(6-15)7-16-13(18)19-14(3,4)5/h10-12H,6-9,15H2,1-5H3,(H,16,18). The fraction of sp³-hybridized carbons (Fsp3) is 0.929. The Morgan fingerprint density at radius 3 is 2.40 bits per heavy atom. The molecule has 5 nitrogen and oxygen atoms in total. The highest BCUT2D eigenvalue weighted by Gasteiger charge is 2.27. The van der Waals surface area contributed by atoms with E-state index in [0.717, 1.165) is 13.1 Å². The SMILES string of the molecule is CC1CN(C(CN)CNC(=O)OC(C)(C)C)CC(C)S1. The molecule has 1 heterocycles. The molecule has 3 N–H and O–H groups in total. The largest absolute Gasteiger partial charge is 0.444 e. The van der Waals surface area contributed by atoms with E-state index in [2.05, 4.69) is 24.1 Å². The van der Waals surface area contributed by atoms with Gasteiger partial charge >= 0.3 is 6.09 Å². The van der Waals surface area contributed by atoms with Crippen LogP contribution in [0, 0.1) is 0 Å². The van der Waals surface area contributed by atoms with Gasteiger partial charge in [0, 0.05) is 42.7 Å². The van der Waals surface area contributed by atoms with E-state index in [9.17, 15) is 4.79 Å². The Bertz CT molecular complexity index is 310. The van der Waals surface area contributed by atoms with Gasteiger partial charge in [0.2, 0.25) is 0 Å². The van der Waals surface area contributed by atoms with Gasteiger partial charge in [0.05, 0.1) is 0 Å². The first kappa shape index (κ1) is 17.6. The highest BCUT2D eigenvalue weighted by Crippen LogP contribution is 2.25. The van der Waals surface area contributed by atoms with Gasteiger partial charge in [-0.3, -0.25) is 4.90 Å². The lowest BCUT2D eigenvalue weighted by Gasteiger charge is -2.39. The number of alkyl carbamates (subject to hydrolysis) is 1. The number of hydrogen-bond acceptors (Lipinski definition) is 5. The Labute approximate surface area is 127 Å². The van der Waals surface area contributed by atoms with Gasteiger partial charge in [0.1, 0.15) is 5.60 Å². The Morgan fingerprint density at radius 1 is 1.40 bits per heavy atom. The van der Waals surface area contributed by atoms with Crippen molar-refractivity contribution in [2.24, 2.45) is 5.73 Å². The summed E-state index contributed by atoms with van der Waals surface area (Å²) in [4.78, 5) is 14.1. The average molecular weight is 303 g/mol. The number of nitrogens with zero attached hydrogens (tertiary/aromatic N) is 1. The topological polar surface area (TPSA) is 67.6 Å². The predicted octanol–water partition coefficient (Wildman–Crippen LogP) is 1.66. The Kier molecular flexibility index (Phi) is 6.61. The molecule has 1 amide bonds. The normalized spacial score (nSPS) is 26.1. The molecule has 0 aromatic heterocycles. The summed E-state index contributed by atoms with van der Waals surface area (Å²) in [5, 5.41) is 4.04. The van der Waals surface area contributed by atoms with Crippen LogP contribution >= 0.6 is 11.8 Å². The first-order valence-electron chi connectivity index (χ1n) is 7.27. The maximum Gasteiger partial charge on any atom is 0.407 e. The second kappa shape index (κ2) is 7.52. The van der Waals surface area contributed by atoms with Crippen molar-refractivity contribution in [2.45, 2.75) is 56.8 Å². The Morgan fingerprint density at radius 2 is 1.95 bits per heavy atom. The molecule has 1 aliphatic heterocycles. The third-order valence-corrected chi connectivity index (χ3v) is 4.34. The van der Waals surface area contributed by atoms with Crippen molar-refractivity contribution in [3.8, 4) is 0 Å². The fourth-order valence-corrected chi connectivity index (χ4v) is 3.74.